The first kappa shape index (κ1) is 22.7. The first-order valence-corrected chi connectivity index (χ1v) is 9.46. The Morgan fingerprint density at radius 3 is 2.46 bits per heavy atom. The molecule has 1 heterocycles. The fourth-order valence-electron chi connectivity index (χ4n) is 2.98. The molecule has 0 aromatic heterocycles. The van der Waals surface area contributed by atoms with Gasteiger partial charge in [0.2, 0.25) is 5.91 Å². The smallest absolute Gasteiger partial charge is 0.224 e. The summed E-state index contributed by atoms with van der Waals surface area (Å²) in [5.41, 5.74) is 2.58. The lowest BCUT2D eigenvalue weighted by Gasteiger charge is -2.17. The molecule has 1 aromatic rings. The highest BCUT2D eigenvalue weighted by atomic mass is 127. The molecule has 0 saturated carbocycles. The average molecular weight is 472 g/mol. The molecule has 1 unspecified atom stereocenters. The summed E-state index contributed by atoms with van der Waals surface area (Å²) in [5.74, 6) is 1.40. The van der Waals surface area contributed by atoms with Gasteiger partial charge in [-0.05, 0) is 32.3 Å². The minimum atomic E-state index is 0. The van der Waals surface area contributed by atoms with Gasteiger partial charge in [-0.3, -0.25) is 9.79 Å². The molecular weight excluding hydrogens is 439 g/mol. The van der Waals surface area contributed by atoms with Crippen LogP contribution in [0.25, 0.3) is 0 Å². The molecule has 1 aliphatic heterocycles. The number of likely N-dealkylation sites (tertiary alicyclic amines) is 1. The van der Waals surface area contributed by atoms with Gasteiger partial charge in [0.1, 0.15) is 0 Å². The molecule has 2 N–H and O–H groups in total. The number of carbonyl (C=O) groups excluding carboxylic acids is 1. The van der Waals surface area contributed by atoms with Crippen molar-refractivity contribution in [2.75, 3.05) is 32.7 Å². The van der Waals surface area contributed by atoms with E-state index >= 15 is 0 Å². The molecule has 0 bridgehead atoms. The number of halogens is 1. The van der Waals surface area contributed by atoms with Crippen LogP contribution in [0.1, 0.15) is 50.2 Å². The molecule has 1 atom stereocenters. The topological polar surface area (TPSA) is 56.7 Å². The molecule has 6 heteroatoms. The number of guanidine groups is 1. The van der Waals surface area contributed by atoms with Crippen molar-refractivity contribution in [3.63, 3.8) is 0 Å². The lowest BCUT2D eigenvalue weighted by molar-refractivity contribution is -0.129. The first-order valence-electron chi connectivity index (χ1n) is 9.46. The third-order valence-electron chi connectivity index (χ3n) is 4.60. The van der Waals surface area contributed by atoms with E-state index in [0.29, 0.717) is 18.9 Å². The number of nitrogens with zero attached hydrogens (tertiary/aromatic N) is 2. The normalized spacial score (nSPS) is 15.3. The Kier molecular flexibility index (Phi) is 10.6. The van der Waals surface area contributed by atoms with Gasteiger partial charge in [0.05, 0.1) is 0 Å². The molecule has 2 rings (SSSR count). The number of aryl methyl sites for hydroxylation is 1. The molecule has 0 spiro atoms. The zero-order valence-corrected chi connectivity index (χ0v) is 18.6. The number of hydrogen-bond acceptors (Lipinski definition) is 2. The Morgan fingerprint density at radius 1 is 1.19 bits per heavy atom. The molecule has 26 heavy (non-hydrogen) atoms. The highest BCUT2D eigenvalue weighted by Gasteiger charge is 2.17. The van der Waals surface area contributed by atoms with Crippen LogP contribution in [0.5, 0.6) is 0 Å². The van der Waals surface area contributed by atoms with E-state index in [9.17, 15) is 4.79 Å². The van der Waals surface area contributed by atoms with Crippen LogP contribution in [0, 0.1) is 6.92 Å². The van der Waals surface area contributed by atoms with Crippen molar-refractivity contribution in [2.45, 2.75) is 46.0 Å². The molecule has 0 radical (unpaired) electrons. The van der Waals surface area contributed by atoms with E-state index in [-0.39, 0.29) is 29.9 Å². The highest BCUT2D eigenvalue weighted by molar-refractivity contribution is 14.0. The third kappa shape index (κ3) is 7.51. The van der Waals surface area contributed by atoms with E-state index in [1.165, 1.54) is 11.1 Å². The van der Waals surface area contributed by atoms with Crippen LogP contribution >= 0.6 is 24.0 Å². The second kappa shape index (κ2) is 12.1. The molecule has 1 amide bonds. The van der Waals surface area contributed by atoms with Crippen molar-refractivity contribution in [3.8, 4) is 0 Å². The van der Waals surface area contributed by atoms with Gasteiger partial charge in [-0.2, -0.15) is 0 Å². The number of carbonyl (C=O) groups is 1. The lowest BCUT2D eigenvalue weighted by Crippen LogP contribution is -2.40. The van der Waals surface area contributed by atoms with Crippen LogP contribution in [0.2, 0.25) is 0 Å². The fraction of sp³-hybridized carbons (Fsp3) is 0.600. The van der Waals surface area contributed by atoms with Crippen molar-refractivity contribution in [1.29, 1.82) is 0 Å². The van der Waals surface area contributed by atoms with Crippen molar-refractivity contribution >= 4 is 35.8 Å². The Morgan fingerprint density at radius 2 is 1.85 bits per heavy atom. The van der Waals surface area contributed by atoms with Gasteiger partial charge in [-0.25, -0.2) is 0 Å². The minimum Gasteiger partial charge on any atom is -0.357 e. The summed E-state index contributed by atoms with van der Waals surface area (Å²) in [7, 11) is 0. The molecule has 5 nitrogen and oxygen atoms in total. The van der Waals surface area contributed by atoms with Crippen molar-refractivity contribution in [3.05, 3.63) is 35.4 Å². The van der Waals surface area contributed by atoms with Crippen LogP contribution in [-0.2, 0) is 4.79 Å². The quantitative estimate of drug-likeness (QED) is 0.364. The van der Waals surface area contributed by atoms with E-state index in [1.54, 1.807) is 0 Å². The molecule has 1 aromatic carbocycles. The van der Waals surface area contributed by atoms with E-state index < -0.39 is 0 Å². The fourth-order valence-corrected chi connectivity index (χ4v) is 2.98. The van der Waals surface area contributed by atoms with Gasteiger partial charge in [0.15, 0.2) is 5.96 Å². The van der Waals surface area contributed by atoms with Crippen LogP contribution in [0.3, 0.4) is 0 Å². The van der Waals surface area contributed by atoms with Gasteiger partial charge < -0.3 is 15.5 Å². The van der Waals surface area contributed by atoms with E-state index in [1.807, 2.05) is 4.90 Å². The number of benzene rings is 1. The summed E-state index contributed by atoms with van der Waals surface area (Å²) in [4.78, 5) is 18.7. The zero-order valence-electron chi connectivity index (χ0n) is 16.3. The van der Waals surface area contributed by atoms with Crippen LogP contribution < -0.4 is 10.6 Å². The van der Waals surface area contributed by atoms with Gasteiger partial charge >= 0.3 is 0 Å². The second-order valence-corrected chi connectivity index (χ2v) is 6.80. The van der Waals surface area contributed by atoms with Crippen LogP contribution in [0.15, 0.2) is 29.3 Å². The second-order valence-electron chi connectivity index (χ2n) is 6.80. The van der Waals surface area contributed by atoms with Gasteiger partial charge in [-0.15, -0.1) is 24.0 Å². The molecule has 1 fully saturated rings. The lowest BCUT2D eigenvalue weighted by atomic mass is 10.0. The Labute approximate surface area is 175 Å². The summed E-state index contributed by atoms with van der Waals surface area (Å²) in [5, 5.41) is 6.54. The van der Waals surface area contributed by atoms with Crippen molar-refractivity contribution in [2.24, 2.45) is 4.99 Å². The van der Waals surface area contributed by atoms with E-state index in [2.05, 4.69) is 60.7 Å². The summed E-state index contributed by atoms with van der Waals surface area (Å²) in [6, 6.07) is 8.63. The van der Waals surface area contributed by atoms with Crippen molar-refractivity contribution < 1.29 is 4.79 Å². The SMILES string of the molecule is CCNC(=NCC(C)c1ccc(C)cc1)NCCC(=O)N1CCCC1.I. The van der Waals surface area contributed by atoms with Crippen LogP contribution in [-0.4, -0.2) is 49.5 Å². The summed E-state index contributed by atoms with van der Waals surface area (Å²) in [6.45, 7) is 10.3. The molecule has 1 aliphatic rings. The van der Waals surface area contributed by atoms with E-state index in [4.69, 9.17) is 0 Å². The summed E-state index contributed by atoms with van der Waals surface area (Å²) < 4.78 is 0. The number of rotatable bonds is 7. The Hall–Kier alpha value is -1.31. The standard InChI is InChI=1S/C20H32N4O.HI/c1-4-21-20(22-12-11-19(25)24-13-5-6-14-24)23-15-17(3)18-9-7-16(2)8-10-18;/h7-10,17H,4-6,11-15H2,1-3H3,(H2,21,22,23);1H. The monoisotopic (exact) mass is 472 g/mol. The Balaban J connectivity index is 0.00000338. The minimum absolute atomic E-state index is 0. The molecule has 1 saturated heterocycles. The maximum absolute atomic E-state index is 12.1. The molecular formula is C20H33IN4O. The molecule has 146 valence electrons. The number of nitrogens with one attached hydrogen (secondary N) is 2. The maximum atomic E-state index is 12.1. The third-order valence-corrected chi connectivity index (χ3v) is 4.60. The van der Waals surface area contributed by atoms with Crippen molar-refractivity contribution in [1.82, 2.24) is 15.5 Å². The molecule has 0 aliphatic carbocycles. The van der Waals surface area contributed by atoms with Gasteiger partial charge in [0, 0.05) is 45.1 Å². The number of amides is 1. The Bertz CT molecular complexity index is 568. The van der Waals surface area contributed by atoms with Crippen LogP contribution in [0.4, 0.5) is 0 Å². The summed E-state index contributed by atoms with van der Waals surface area (Å²) >= 11 is 0. The average Bonchev–Trinajstić information content (AvgIpc) is 3.14. The zero-order chi connectivity index (χ0) is 18.1. The van der Waals surface area contributed by atoms with E-state index in [0.717, 1.165) is 45.0 Å². The highest BCUT2D eigenvalue weighted by Crippen LogP contribution is 2.16. The summed E-state index contributed by atoms with van der Waals surface area (Å²) in [6.07, 6.45) is 2.80. The first-order chi connectivity index (χ1) is 12.1. The number of aliphatic imine (C=N–C) groups is 1. The largest absolute Gasteiger partial charge is 0.357 e. The number of hydrogen-bond donors (Lipinski definition) is 2. The maximum Gasteiger partial charge on any atom is 0.224 e. The van der Waals surface area contributed by atoms with Gasteiger partial charge in [0.25, 0.3) is 0 Å². The predicted octanol–water partition coefficient (Wildman–Crippen LogP) is 3.28. The predicted molar refractivity (Wildman–Crippen MR) is 119 cm³/mol. The van der Waals surface area contributed by atoms with Gasteiger partial charge in [-0.1, -0.05) is 36.8 Å².